The molecule has 0 aromatic heterocycles. The van der Waals surface area contributed by atoms with E-state index >= 15 is 0 Å². The van der Waals surface area contributed by atoms with Crippen LogP contribution in [-0.2, 0) is 0 Å². The average Bonchev–Trinajstić information content (AvgIpc) is 1.72. The number of rotatable bonds is 0. The third-order valence-corrected chi connectivity index (χ3v) is 0.500. The van der Waals surface area contributed by atoms with Crippen molar-refractivity contribution in [3.63, 3.8) is 0 Å². The van der Waals surface area contributed by atoms with E-state index in [4.69, 9.17) is 0 Å². The minimum absolute atomic E-state index is 0. The quantitative estimate of drug-likeness (QED) is 0.326. The minimum Gasteiger partial charge on any atom is -0.379 e. The van der Waals surface area contributed by atoms with Crippen molar-refractivity contribution in [3.05, 3.63) is 0 Å². The van der Waals surface area contributed by atoms with Gasteiger partial charge in [0.05, 0.1) is 0 Å². The smallest absolute Gasteiger partial charge is 0.284 e. The zero-order chi connectivity index (χ0) is 4.24. The van der Waals surface area contributed by atoms with Gasteiger partial charge in [-0.05, 0) is 0 Å². The van der Waals surface area contributed by atoms with E-state index in [0.717, 1.165) is 0 Å². The minimum atomic E-state index is 0. The number of nitrogens with one attached hydrogen (secondary N) is 3. The molecule has 1 aliphatic rings. The van der Waals surface area contributed by atoms with Crippen LogP contribution < -0.4 is 15.4 Å². The van der Waals surface area contributed by atoms with Crippen molar-refractivity contribution in [3.8, 4) is 0 Å². The van der Waals surface area contributed by atoms with E-state index in [2.05, 4.69) is 15.4 Å². The molecular weight excluding hydrogens is 160 g/mol. The second-order valence-electron chi connectivity index (χ2n) is 0.933. The molecule has 1 aliphatic heterocycles. The van der Waals surface area contributed by atoms with Crippen LogP contribution in [0.5, 0.6) is 0 Å². The molecule has 35 valence electrons. The zero-order valence-corrected chi connectivity index (χ0v) is 6.13. The van der Waals surface area contributed by atoms with Crippen LogP contribution in [-0.4, -0.2) is 49.0 Å². The summed E-state index contributed by atoms with van der Waals surface area (Å²) in [6, 6.07) is 0. The van der Waals surface area contributed by atoms with Crippen molar-refractivity contribution in [1.82, 2.24) is 15.4 Å². The zero-order valence-electron chi connectivity index (χ0n) is 4.26. The van der Waals surface area contributed by atoms with Gasteiger partial charge in [0.15, 0.2) is 0 Å². The molecule has 9 radical (unpaired) electrons. The molecule has 0 amide bonds. The van der Waals surface area contributed by atoms with Gasteiger partial charge in [-0.25, -0.2) is 0 Å². The molecule has 0 aliphatic carbocycles. The van der Waals surface area contributed by atoms with Gasteiger partial charge in [-0.1, -0.05) is 0 Å². The van der Waals surface area contributed by atoms with Gasteiger partial charge in [-0.15, -0.1) is 0 Å². The predicted octanol–water partition coefficient (Wildman–Crippen LogP) is -3.39. The van der Waals surface area contributed by atoms with E-state index in [9.17, 15) is 0 Å². The van der Waals surface area contributed by atoms with Gasteiger partial charge in [0, 0.05) is 26.4 Å². The Bertz CT molecular complexity index is 26.8. The molecule has 0 unspecified atom stereocenters. The summed E-state index contributed by atoms with van der Waals surface area (Å²) in [5, 5.41) is 8.34. The fraction of sp³-hybridized carbons (Fsp3) is 0. The van der Waals surface area contributed by atoms with Crippen molar-refractivity contribution in [2.45, 2.75) is 0 Å². The SMILES string of the molecule is [As].[B].[B]1N[B]N[B]N1. The average molecular weight is 163 g/mol. The molecule has 3 N–H and O–H groups in total. The Morgan fingerprint density at radius 2 is 1.00 bits per heavy atom. The first-order valence-electron chi connectivity index (χ1n) is 1.73. The molecule has 8 heavy (non-hydrogen) atoms. The molecule has 1 heterocycles. The molecule has 1 saturated heterocycles. The van der Waals surface area contributed by atoms with Gasteiger partial charge in [-0.3, -0.25) is 0 Å². The molecule has 0 saturated carbocycles. The van der Waals surface area contributed by atoms with E-state index in [1.54, 1.807) is 22.6 Å². The van der Waals surface area contributed by atoms with E-state index < -0.39 is 0 Å². The maximum Gasteiger partial charge on any atom is 0.284 e. The maximum atomic E-state index is 2.78. The topological polar surface area (TPSA) is 36.1 Å². The van der Waals surface area contributed by atoms with Crippen LogP contribution in [0.15, 0.2) is 0 Å². The summed E-state index contributed by atoms with van der Waals surface area (Å²) in [4.78, 5) is 0. The Balaban J connectivity index is 0. The Labute approximate surface area is 64.9 Å². The third kappa shape index (κ3) is 4.85. The second-order valence-corrected chi connectivity index (χ2v) is 0.933. The summed E-state index contributed by atoms with van der Waals surface area (Å²) in [7, 11) is 5.16. The van der Waals surface area contributed by atoms with Gasteiger partial charge in [0.1, 0.15) is 0 Å². The van der Waals surface area contributed by atoms with Crippen LogP contribution in [0.25, 0.3) is 0 Å². The monoisotopic (exact) mass is 164 g/mol. The second kappa shape index (κ2) is 7.70. The van der Waals surface area contributed by atoms with Crippen LogP contribution in [0.2, 0.25) is 0 Å². The van der Waals surface area contributed by atoms with Crippen molar-refractivity contribution >= 4 is 49.0 Å². The molecule has 1 rings (SSSR count). The molecule has 0 atom stereocenters. The molecule has 1 fully saturated rings. The fourth-order valence-electron chi connectivity index (χ4n) is 0.269. The largest absolute Gasteiger partial charge is 0.379 e. The van der Waals surface area contributed by atoms with Gasteiger partial charge >= 0.3 is 0 Å². The molecule has 3 nitrogen and oxygen atoms in total. The van der Waals surface area contributed by atoms with Crippen LogP contribution in [0.1, 0.15) is 0 Å². The summed E-state index contributed by atoms with van der Waals surface area (Å²) < 4.78 is 0. The van der Waals surface area contributed by atoms with E-state index in [-0.39, 0.29) is 26.4 Å². The molecule has 0 aromatic rings. The van der Waals surface area contributed by atoms with Gasteiger partial charge in [-0.2, -0.15) is 0 Å². The van der Waals surface area contributed by atoms with Gasteiger partial charge < -0.3 is 15.4 Å². The first-order valence-corrected chi connectivity index (χ1v) is 1.73. The van der Waals surface area contributed by atoms with Crippen molar-refractivity contribution in [2.24, 2.45) is 0 Å². The maximum absolute atomic E-state index is 2.78. The van der Waals surface area contributed by atoms with E-state index in [1.807, 2.05) is 0 Å². The van der Waals surface area contributed by atoms with Crippen LogP contribution >= 0.6 is 0 Å². The van der Waals surface area contributed by atoms with Crippen LogP contribution in [0.4, 0.5) is 0 Å². The summed E-state index contributed by atoms with van der Waals surface area (Å²) in [6.07, 6.45) is 0. The molecular formula is H3AsB4N3. The Morgan fingerprint density at radius 1 is 0.750 bits per heavy atom. The Morgan fingerprint density at radius 3 is 1.12 bits per heavy atom. The normalized spacial score (nSPS) is 15.0. The molecule has 0 aromatic carbocycles. The predicted molar refractivity (Wildman–Crippen MR) is 38.2 cm³/mol. The van der Waals surface area contributed by atoms with Crippen molar-refractivity contribution < 1.29 is 0 Å². The number of hydrogen-bond acceptors (Lipinski definition) is 3. The van der Waals surface area contributed by atoms with Gasteiger partial charge in [0.2, 0.25) is 0 Å². The van der Waals surface area contributed by atoms with E-state index in [0.29, 0.717) is 0 Å². The molecule has 8 heteroatoms. The fourth-order valence-corrected chi connectivity index (χ4v) is 0.269. The van der Waals surface area contributed by atoms with Gasteiger partial charge in [0.25, 0.3) is 22.6 Å². The summed E-state index contributed by atoms with van der Waals surface area (Å²) in [6.45, 7) is 0. The van der Waals surface area contributed by atoms with E-state index in [1.165, 1.54) is 0 Å². The summed E-state index contributed by atoms with van der Waals surface area (Å²) in [5.41, 5.74) is 0. The van der Waals surface area contributed by atoms with Crippen molar-refractivity contribution in [1.29, 1.82) is 0 Å². The first-order chi connectivity index (χ1) is 3.00. The number of hydrogen-bond donors (Lipinski definition) is 3. The first kappa shape index (κ1) is 11.5. The van der Waals surface area contributed by atoms with Crippen LogP contribution in [0.3, 0.4) is 0 Å². The summed E-state index contributed by atoms with van der Waals surface area (Å²) in [5.74, 6) is 0. The summed E-state index contributed by atoms with van der Waals surface area (Å²) >= 11 is 0. The molecule has 0 spiro atoms. The van der Waals surface area contributed by atoms with Crippen molar-refractivity contribution in [2.75, 3.05) is 0 Å². The third-order valence-electron chi connectivity index (χ3n) is 0.500. The standard InChI is InChI=1S/As.B3H3N3.B/c;1-4-2-6-3-5-1;/h;4-6H;. The molecule has 0 bridgehead atoms. The Hall–Kier alpha value is 0.698. The van der Waals surface area contributed by atoms with Crippen LogP contribution in [0, 0.1) is 0 Å². The Kier molecular flexibility index (Phi) is 11.1.